The van der Waals surface area contributed by atoms with E-state index in [0.717, 1.165) is 5.57 Å². The molecule has 6 nitrogen and oxygen atoms in total. The quantitative estimate of drug-likeness (QED) is 0.702. The number of hydrogen-bond acceptors (Lipinski definition) is 4. The predicted molar refractivity (Wildman–Crippen MR) is 112 cm³/mol. The number of fused-ring (bicyclic) bond motifs is 1. The second-order valence-electron chi connectivity index (χ2n) is 7.38. The number of hydrogen-bond donors (Lipinski definition) is 0. The largest absolute Gasteiger partial charge is 0.369 e. The third kappa shape index (κ3) is 4.02. The van der Waals surface area contributed by atoms with Gasteiger partial charge in [0.2, 0.25) is 0 Å². The summed E-state index contributed by atoms with van der Waals surface area (Å²) in [4.78, 5) is 43.2. The van der Waals surface area contributed by atoms with E-state index in [0.29, 0.717) is 34.8 Å². The Morgan fingerprint density at radius 3 is 2.62 bits per heavy atom. The third-order valence-corrected chi connectivity index (χ3v) is 6.08. The van der Waals surface area contributed by atoms with Crippen LogP contribution in [0.25, 0.3) is 0 Å². The standard InChI is InChI=1S/C21H22Cl2N2O4/c1-10-7-11(2)24-20(27)15(10)9-25-6-5-13-16(22)8-14(19(29-4)12(3)26)18(23)17(13)21(25)28/h7-8,15,19H,5-6,9H2,1-4H3. The molecule has 0 radical (unpaired) electrons. The number of aliphatic imine (C=N–C) groups is 1. The van der Waals surface area contributed by atoms with Crippen LogP contribution >= 0.6 is 23.2 Å². The fourth-order valence-corrected chi connectivity index (χ4v) is 4.54. The molecule has 0 aliphatic carbocycles. The molecule has 2 aliphatic rings. The van der Waals surface area contributed by atoms with Crippen LogP contribution < -0.4 is 0 Å². The number of ketones is 1. The van der Waals surface area contributed by atoms with E-state index in [4.69, 9.17) is 27.9 Å². The van der Waals surface area contributed by atoms with Gasteiger partial charge < -0.3 is 9.64 Å². The lowest BCUT2D eigenvalue weighted by Crippen LogP contribution is -2.43. The van der Waals surface area contributed by atoms with Crippen molar-refractivity contribution in [2.75, 3.05) is 20.2 Å². The third-order valence-electron chi connectivity index (χ3n) is 5.34. The summed E-state index contributed by atoms with van der Waals surface area (Å²) in [5.41, 5.74) is 2.82. The highest BCUT2D eigenvalue weighted by Crippen LogP contribution is 2.38. The molecule has 8 heteroatoms. The first-order chi connectivity index (χ1) is 13.6. The van der Waals surface area contributed by atoms with Gasteiger partial charge >= 0.3 is 0 Å². The van der Waals surface area contributed by atoms with Gasteiger partial charge in [0.05, 0.1) is 16.5 Å². The highest BCUT2D eigenvalue weighted by atomic mass is 35.5. The number of ether oxygens (including phenoxy) is 1. The number of rotatable bonds is 5. The summed E-state index contributed by atoms with van der Waals surface area (Å²) >= 11 is 13.0. The lowest BCUT2D eigenvalue weighted by atomic mass is 9.91. The number of nitrogens with zero attached hydrogens (tertiary/aromatic N) is 2. The smallest absolute Gasteiger partial charge is 0.255 e. The van der Waals surface area contributed by atoms with Gasteiger partial charge in [-0.1, -0.05) is 28.8 Å². The Morgan fingerprint density at radius 2 is 2.03 bits per heavy atom. The number of halogens is 2. The van der Waals surface area contributed by atoms with Crippen LogP contribution in [0.3, 0.4) is 0 Å². The fraction of sp³-hybridized carbons (Fsp3) is 0.429. The number of amides is 2. The summed E-state index contributed by atoms with van der Waals surface area (Å²) in [5, 5.41) is 0.540. The SMILES string of the molecule is COC(C(C)=O)c1cc(Cl)c2c(c1Cl)C(=O)N(CC1C(=O)N=C(C)C=C1C)CC2. The number of dihydropyridines is 1. The molecule has 29 heavy (non-hydrogen) atoms. The first kappa shape index (κ1) is 21.7. The monoisotopic (exact) mass is 436 g/mol. The molecule has 154 valence electrons. The Bertz CT molecular complexity index is 968. The summed E-state index contributed by atoms with van der Waals surface area (Å²) < 4.78 is 5.26. The van der Waals surface area contributed by atoms with Crippen molar-refractivity contribution in [2.24, 2.45) is 10.9 Å². The van der Waals surface area contributed by atoms with Gasteiger partial charge in [0.15, 0.2) is 5.78 Å². The van der Waals surface area contributed by atoms with Crippen molar-refractivity contribution in [1.82, 2.24) is 4.90 Å². The number of methoxy groups -OCH3 is 1. The average molecular weight is 437 g/mol. The van der Waals surface area contributed by atoms with E-state index >= 15 is 0 Å². The average Bonchev–Trinajstić information content (AvgIpc) is 2.63. The van der Waals surface area contributed by atoms with Gasteiger partial charge in [0, 0.05) is 36.5 Å². The molecule has 3 rings (SSSR count). The van der Waals surface area contributed by atoms with Gasteiger partial charge in [0.1, 0.15) is 6.10 Å². The van der Waals surface area contributed by atoms with Crippen molar-refractivity contribution in [2.45, 2.75) is 33.3 Å². The maximum Gasteiger partial charge on any atom is 0.255 e. The van der Waals surface area contributed by atoms with Crippen LogP contribution in [0.4, 0.5) is 0 Å². The molecular formula is C21H22Cl2N2O4. The molecule has 0 aromatic heterocycles. The second kappa shape index (κ2) is 8.38. The molecule has 2 heterocycles. The summed E-state index contributed by atoms with van der Waals surface area (Å²) in [7, 11) is 1.40. The molecule has 1 aromatic carbocycles. The van der Waals surface area contributed by atoms with Crippen LogP contribution in [0.5, 0.6) is 0 Å². The molecule has 2 aliphatic heterocycles. The van der Waals surface area contributed by atoms with Crippen LogP contribution in [0.15, 0.2) is 22.7 Å². The minimum atomic E-state index is -0.907. The Labute approximate surface area is 179 Å². The molecule has 1 aromatic rings. The summed E-state index contributed by atoms with van der Waals surface area (Å²) in [6.45, 7) is 5.65. The van der Waals surface area contributed by atoms with E-state index in [-0.39, 0.29) is 34.7 Å². The van der Waals surface area contributed by atoms with E-state index < -0.39 is 12.0 Å². The lowest BCUT2D eigenvalue weighted by Gasteiger charge is -2.33. The van der Waals surface area contributed by atoms with Crippen molar-refractivity contribution < 1.29 is 19.1 Å². The van der Waals surface area contributed by atoms with Gasteiger partial charge in [-0.05, 0) is 44.9 Å². The lowest BCUT2D eigenvalue weighted by molar-refractivity contribution is -0.127. The van der Waals surface area contributed by atoms with Crippen molar-refractivity contribution in [1.29, 1.82) is 0 Å². The Balaban J connectivity index is 1.97. The van der Waals surface area contributed by atoms with E-state index in [2.05, 4.69) is 4.99 Å². The molecule has 2 unspecified atom stereocenters. The van der Waals surface area contributed by atoms with Gasteiger partial charge in [-0.15, -0.1) is 0 Å². The predicted octanol–water partition coefficient (Wildman–Crippen LogP) is 3.83. The van der Waals surface area contributed by atoms with Crippen LogP contribution in [0.2, 0.25) is 10.0 Å². The van der Waals surface area contributed by atoms with Gasteiger partial charge in [-0.25, -0.2) is 4.99 Å². The van der Waals surface area contributed by atoms with Crippen molar-refractivity contribution in [3.05, 3.63) is 44.5 Å². The summed E-state index contributed by atoms with van der Waals surface area (Å²) in [5.74, 6) is -1.29. The minimum Gasteiger partial charge on any atom is -0.369 e. The first-order valence-corrected chi connectivity index (χ1v) is 10.0. The number of allylic oxidation sites excluding steroid dienone is 1. The van der Waals surface area contributed by atoms with Crippen molar-refractivity contribution >= 4 is 46.5 Å². The van der Waals surface area contributed by atoms with Crippen LogP contribution in [-0.4, -0.2) is 48.4 Å². The van der Waals surface area contributed by atoms with Gasteiger partial charge in [-0.3, -0.25) is 14.4 Å². The fourth-order valence-electron chi connectivity index (χ4n) is 3.89. The van der Waals surface area contributed by atoms with E-state index in [1.54, 1.807) is 17.9 Å². The zero-order chi connectivity index (χ0) is 21.5. The number of carbonyl (C=O) groups excluding carboxylic acids is 3. The molecule has 2 atom stereocenters. The highest BCUT2D eigenvalue weighted by Gasteiger charge is 2.35. The van der Waals surface area contributed by atoms with Crippen molar-refractivity contribution in [3.8, 4) is 0 Å². The Morgan fingerprint density at radius 1 is 1.34 bits per heavy atom. The van der Waals surface area contributed by atoms with Crippen molar-refractivity contribution in [3.63, 3.8) is 0 Å². The number of benzene rings is 1. The molecule has 0 fully saturated rings. The van der Waals surface area contributed by atoms with Gasteiger partial charge in [-0.2, -0.15) is 0 Å². The molecule has 0 bridgehead atoms. The molecule has 0 saturated heterocycles. The molecule has 0 N–H and O–H groups in total. The highest BCUT2D eigenvalue weighted by molar-refractivity contribution is 6.37. The normalized spacial score (nSPS) is 20.2. The number of carbonyl (C=O) groups is 3. The summed E-state index contributed by atoms with van der Waals surface area (Å²) in [6, 6.07) is 1.59. The molecular weight excluding hydrogens is 415 g/mol. The summed E-state index contributed by atoms with van der Waals surface area (Å²) in [6.07, 6.45) is 1.45. The zero-order valence-electron chi connectivity index (χ0n) is 16.7. The maximum atomic E-state index is 13.3. The first-order valence-electron chi connectivity index (χ1n) is 9.26. The van der Waals surface area contributed by atoms with E-state index in [1.807, 2.05) is 13.0 Å². The maximum absolute atomic E-state index is 13.3. The Hall–Kier alpha value is -2.02. The molecule has 0 saturated carbocycles. The minimum absolute atomic E-state index is 0.164. The number of Topliss-reactive ketones (excluding diaryl/α,β-unsaturated/α-hetero) is 1. The van der Waals surface area contributed by atoms with Crippen LogP contribution in [-0.2, 0) is 20.7 Å². The Kier molecular flexibility index (Phi) is 6.27. The molecule has 2 amide bonds. The zero-order valence-corrected chi connectivity index (χ0v) is 18.2. The van der Waals surface area contributed by atoms with Crippen LogP contribution in [0, 0.1) is 5.92 Å². The van der Waals surface area contributed by atoms with Crippen LogP contribution in [0.1, 0.15) is 48.4 Å². The topological polar surface area (TPSA) is 76.0 Å². The molecule has 0 spiro atoms. The van der Waals surface area contributed by atoms with E-state index in [1.165, 1.54) is 14.0 Å². The second-order valence-corrected chi connectivity index (χ2v) is 8.16. The van der Waals surface area contributed by atoms with Gasteiger partial charge in [0.25, 0.3) is 11.8 Å². The van der Waals surface area contributed by atoms with E-state index in [9.17, 15) is 14.4 Å².